The number of hydrogen-bond donors (Lipinski definition) is 1. The van der Waals surface area contributed by atoms with Gasteiger partial charge >= 0.3 is 0 Å². The van der Waals surface area contributed by atoms with Crippen LogP contribution in [0.4, 0.5) is 0 Å². The highest BCUT2D eigenvalue weighted by Crippen LogP contribution is 2.26. The van der Waals surface area contributed by atoms with Gasteiger partial charge in [-0.1, -0.05) is 11.6 Å². The minimum absolute atomic E-state index is 0.0638. The van der Waals surface area contributed by atoms with E-state index in [0.717, 1.165) is 23.7 Å². The van der Waals surface area contributed by atoms with Crippen molar-refractivity contribution in [1.82, 2.24) is 9.88 Å². The van der Waals surface area contributed by atoms with Crippen LogP contribution in [0.3, 0.4) is 0 Å². The molecule has 6 heteroatoms. The summed E-state index contributed by atoms with van der Waals surface area (Å²) in [5.41, 5.74) is 1.42. The predicted octanol–water partition coefficient (Wildman–Crippen LogP) is 3.63. The fraction of sp³-hybridized carbons (Fsp3) is 0.526. The highest BCUT2D eigenvalue weighted by Gasteiger charge is 2.30. The predicted molar refractivity (Wildman–Crippen MR) is 99.3 cm³/mol. The quantitative estimate of drug-likeness (QED) is 0.881. The normalized spacial score (nSPS) is 19.9. The van der Waals surface area contributed by atoms with E-state index in [1.165, 1.54) is 0 Å². The van der Waals surface area contributed by atoms with Crippen molar-refractivity contribution < 1.29 is 14.3 Å². The Morgan fingerprint density at radius 3 is 2.96 bits per heavy atom. The van der Waals surface area contributed by atoms with Crippen LogP contribution in [0, 0.1) is 0 Å². The maximum Gasteiger partial charge on any atom is 0.268 e. The zero-order valence-corrected chi connectivity index (χ0v) is 15.7. The third-order valence-electron chi connectivity index (χ3n) is 4.65. The van der Waals surface area contributed by atoms with Crippen LogP contribution >= 0.6 is 11.6 Å². The summed E-state index contributed by atoms with van der Waals surface area (Å²) < 4.78 is 12.9. The molecule has 1 fully saturated rings. The van der Waals surface area contributed by atoms with Gasteiger partial charge in [0.2, 0.25) is 0 Å². The molecule has 2 aromatic rings. The summed E-state index contributed by atoms with van der Waals surface area (Å²) in [6.07, 6.45) is 1.64. The lowest BCUT2D eigenvalue weighted by Crippen LogP contribution is -2.46. The van der Waals surface area contributed by atoms with Crippen molar-refractivity contribution >= 4 is 28.4 Å². The molecule has 0 radical (unpaired) electrons. The van der Waals surface area contributed by atoms with Crippen molar-refractivity contribution in [1.29, 1.82) is 0 Å². The number of hydrogen-bond acceptors (Lipinski definition) is 3. The van der Waals surface area contributed by atoms with E-state index in [2.05, 4.69) is 19.2 Å². The molecule has 0 aliphatic carbocycles. The summed E-state index contributed by atoms with van der Waals surface area (Å²) in [6, 6.07) is 7.69. The Hall–Kier alpha value is -1.56. The molecule has 0 saturated carbocycles. The van der Waals surface area contributed by atoms with Crippen LogP contribution in [-0.4, -0.2) is 42.4 Å². The summed E-state index contributed by atoms with van der Waals surface area (Å²) in [6.45, 7) is 5.94. The van der Waals surface area contributed by atoms with Gasteiger partial charge in [-0.3, -0.25) is 4.79 Å². The van der Waals surface area contributed by atoms with Crippen LogP contribution in [-0.2, 0) is 16.0 Å². The van der Waals surface area contributed by atoms with Crippen LogP contribution in [0.1, 0.15) is 37.2 Å². The number of amides is 1. The molecule has 25 heavy (non-hydrogen) atoms. The highest BCUT2D eigenvalue weighted by atomic mass is 35.5. The molecule has 2 heterocycles. The topological polar surface area (TPSA) is 52.5 Å². The first kappa shape index (κ1) is 18.2. The summed E-state index contributed by atoms with van der Waals surface area (Å²) in [4.78, 5) is 12.9. The lowest BCUT2D eigenvalue weighted by Gasteiger charge is -2.35. The Bertz CT molecular complexity index is 769. The maximum atomic E-state index is 12.9. The van der Waals surface area contributed by atoms with Crippen LogP contribution in [0.5, 0.6) is 0 Å². The standard InChI is InChI=1S/C19H25ClN2O3/c1-19(2)12-15(6-8-25-19)21-18(23)17-11-13-10-14(20)4-5-16(13)22(17)7-9-24-3/h4-5,10-11,15H,6-9,12H2,1-3H3,(H,21,23). The Balaban J connectivity index is 1.86. The number of carbonyl (C=O) groups is 1. The van der Waals surface area contributed by atoms with Crippen molar-refractivity contribution in [2.75, 3.05) is 20.3 Å². The monoisotopic (exact) mass is 364 g/mol. The van der Waals surface area contributed by atoms with Gasteiger partial charge in [-0.05, 0) is 51.0 Å². The van der Waals surface area contributed by atoms with E-state index in [1.54, 1.807) is 7.11 Å². The Kier molecular flexibility index (Phi) is 5.37. The number of rotatable bonds is 5. The smallest absolute Gasteiger partial charge is 0.268 e. The fourth-order valence-corrected chi connectivity index (χ4v) is 3.65. The molecule has 3 rings (SSSR count). The van der Waals surface area contributed by atoms with Gasteiger partial charge in [-0.15, -0.1) is 0 Å². The second-order valence-electron chi connectivity index (χ2n) is 7.15. The molecule has 1 aliphatic rings. The molecule has 5 nitrogen and oxygen atoms in total. The Morgan fingerprint density at radius 1 is 1.44 bits per heavy atom. The molecule has 1 saturated heterocycles. The number of fused-ring (bicyclic) bond motifs is 1. The number of carbonyl (C=O) groups excluding carboxylic acids is 1. The van der Waals surface area contributed by atoms with E-state index in [1.807, 2.05) is 28.8 Å². The number of nitrogens with zero attached hydrogens (tertiary/aromatic N) is 1. The van der Waals surface area contributed by atoms with E-state index in [0.29, 0.717) is 30.5 Å². The van der Waals surface area contributed by atoms with Crippen LogP contribution in [0.2, 0.25) is 5.02 Å². The SMILES string of the molecule is COCCn1c(C(=O)NC2CCOC(C)(C)C2)cc2cc(Cl)ccc21. The number of methoxy groups -OCH3 is 1. The molecule has 0 bridgehead atoms. The second-order valence-corrected chi connectivity index (χ2v) is 7.58. The van der Waals surface area contributed by atoms with Crippen LogP contribution in [0.15, 0.2) is 24.3 Å². The van der Waals surface area contributed by atoms with Crippen molar-refractivity contribution in [2.45, 2.75) is 44.9 Å². The molecule has 0 spiro atoms. The van der Waals surface area contributed by atoms with Crippen molar-refractivity contribution in [3.8, 4) is 0 Å². The van der Waals surface area contributed by atoms with Gasteiger partial charge in [0.05, 0.1) is 12.2 Å². The minimum atomic E-state index is -0.202. The van der Waals surface area contributed by atoms with Crippen molar-refractivity contribution in [2.24, 2.45) is 0 Å². The van der Waals surface area contributed by atoms with Gasteiger partial charge in [-0.25, -0.2) is 0 Å². The molecule has 1 aromatic heterocycles. The molecule has 1 atom stereocenters. The summed E-state index contributed by atoms with van der Waals surface area (Å²) in [5, 5.41) is 4.79. The van der Waals surface area contributed by atoms with Crippen molar-refractivity contribution in [3.05, 3.63) is 35.0 Å². The summed E-state index contributed by atoms with van der Waals surface area (Å²) >= 11 is 6.10. The van der Waals surface area contributed by atoms with E-state index in [-0.39, 0.29) is 17.6 Å². The van der Waals surface area contributed by atoms with Crippen LogP contribution < -0.4 is 5.32 Å². The summed E-state index contributed by atoms with van der Waals surface area (Å²) in [7, 11) is 1.66. The molecular weight excluding hydrogens is 340 g/mol. The lowest BCUT2D eigenvalue weighted by atomic mass is 9.94. The first-order valence-corrected chi connectivity index (χ1v) is 9.00. The lowest BCUT2D eigenvalue weighted by molar-refractivity contribution is -0.0615. The van der Waals surface area contributed by atoms with Gasteiger partial charge in [0.25, 0.3) is 5.91 Å². The zero-order chi connectivity index (χ0) is 18.0. The van der Waals surface area contributed by atoms with Crippen LogP contribution in [0.25, 0.3) is 10.9 Å². The number of ether oxygens (including phenoxy) is 2. The highest BCUT2D eigenvalue weighted by molar-refractivity contribution is 6.31. The van der Waals surface area contributed by atoms with E-state index < -0.39 is 0 Å². The average Bonchev–Trinajstić information content (AvgIpc) is 2.89. The Morgan fingerprint density at radius 2 is 2.24 bits per heavy atom. The molecule has 136 valence electrons. The number of benzene rings is 1. The summed E-state index contributed by atoms with van der Waals surface area (Å²) in [5.74, 6) is -0.0638. The molecule has 1 aromatic carbocycles. The molecule has 1 N–H and O–H groups in total. The first-order chi connectivity index (χ1) is 11.9. The van der Waals surface area contributed by atoms with E-state index >= 15 is 0 Å². The number of halogens is 1. The maximum absolute atomic E-state index is 12.9. The average molecular weight is 365 g/mol. The molecule has 1 amide bonds. The minimum Gasteiger partial charge on any atom is -0.383 e. The van der Waals surface area contributed by atoms with E-state index in [9.17, 15) is 4.79 Å². The number of aromatic nitrogens is 1. The van der Waals surface area contributed by atoms with E-state index in [4.69, 9.17) is 21.1 Å². The third-order valence-corrected chi connectivity index (χ3v) is 4.88. The van der Waals surface area contributed by atoms with Gasteiger partial charge in [0, 0.05) is 42.2 Å². The first-order valence-electron chi connectivity index (χ1n) is 8.62. The largest absolute Gasteiger partial charge is 0.383 e. The van der Waals surface area contributed by atoms with Gasteiger partial charge in [0.1, 0.15) is 5.69 Å². The molecule has 1 unspecified atom stereocenters. The fourth-order valence-electron chi connectivity index (χ4n) is 3.47. The van der Waals surface area contributed by atoms with Gasteiger partial charge < -0.3 is 19.4 Å². The van der Waals surface area contributed by atoms with Crippen molar-refractivity contribution in [3.63, 3.8) is 0 Å². The molecular formula is C19H25ClN2O3. The van der Waals surface area contributed by atoms with Gasteiger partial charge in [0.15, 0.2) is 0 Å². The third kappa shape index (κ3) is 4.17. The van der Waals surface area contributed by atoms with Gasteiger partial charge in [-0.2, -0.15) is 0 Å². The second kappa shape index (κ2) is 7.36. The molecule has 1 aliphatic heterocycles. The number of nitrogens with one attached hydrogen (secondary N) is 1. The zero-order valence-electron chi connectivity index (χ0n) is 15.0. The Labute approximate surface area is 153 Å².